The number of carbonyl (C=O) groups excluding carboxylic acids is 2. The highest BCUT2D eigenvalue weighted by Crippen LogP contribution is 2.30. The van der Waals surface area contributed by atoms with Crippen LogP contribution in [0.5, 0.6) is 0 Å². The Labute approximate surface area is 152 Å². The number of hydrogen-bond acceptors (Lipinski definition) is 4. The molecule has 0 radical (unpaired) electrons. The Kier molecular flexibility index (Phi) is 5.90. The van der Waals surface area contributed by atoms with Crippen LogP contribution >= 0.6 is 0 Å². The Morgan fingerprint density at radius 2 is 1.96 bits per heavy atom. The number of ether oxygens (including phenoxy) is 1. The highest BCUT2D eigenvalue weighted by molar-refractivity contribution is 5.95. The van der Waals surface area contributed by atoms with Crippen LogP contribution in [0.4, 0.5) is 4.79 Å². The number of hydrogen-bond donors (Lipinski definition) is 2. The predicted octanol–water partition coefficient (Wildman–Crippen LogP) is 3.47. The molecule has 1 unspecified atom stereocenters. The van der Waals surface area contributed by atoms with E-state index < -0.39 is 18.0 Å². The number of urea groups is 1. The summed E-state index contributed by atoms with van der Waals surface area (Å²) >= 11 is 0. The lowest BCUT2D eigenvalue weighted by atomic mass is 9.85. The first-order chi connectivity index (χ1) is 12.3. The summed E-state index contributed by atoms with van der Waals surface area (Å²) in [5.41, 5.74) is 10.9. The lowest BCUT2D eigenvalue weighted by Gasteiger charge is -2.29. The van der Waals surface area contributed by atoms with Crippen molar-refractivity contribution in [1.82, 2.24) is 10.6 Å². The van der Waals surface area contributed by atoms with E-state index in [-0.39, 0.29) is 29.8 Å². The zero-order valence-corrected chi connectivity index (χ0v) is 15.4. The van der Waals surface area contributed by atoms with Gasteiger partial charge in [-0.2, -0.15) is 0 Å². The number of rotatable bonds is 5. The molecule has 0 bridgehead atoms. The zero-order chi connectivity index (χ0) is 19.3. The van der Waals surface area contributed by atoms with Gasteiger partial charge in [-0.1, -0.05) is 50.2 Å². The van der Waals surface area contributed by atoms with E-state index >= 15 is 0 Å². The number of amides is 2. The molecule has 1 aromatic carbocycles. The summed E-state index contributed by atoms with van der Waals surface area (Å²) in [6.45, 7) is 8.08. The third kappa shape index (κ3) is 4.34. The van der Waals surface area contributed by atoms with Crippen molar-refractivity contribution in [3.63, 3.8) is 0 Å². The van der Waals surface area contributed by atoms with Crippen LogP contribution in [-0.4, -0.2) is 25.2 Å². The molecule has 0 aromatic heterocycles. The van der Waals surface area contributed by atoms with Crippen molar-refractivity contribution in [2.75, 3.05) is 13.2 Å². The maximum atomic E-state index is 12.5. The summed E-state index contributed by atoms with van der Waals surface area (Å²) in [7, 11) is 0. The van der Waals surface area contributed by atoms with E-state index in [4.69, 9.17) is 10.3 Å². The monoisotopic (exact) mass is 357 g/mol. The fraction of sp³-hybridized carbons (Fsp3) is 0.444. The Morgan fingerprint density at radius 1 is 1.31 bits per heavy atom. The summed E-state index contributed by atoms with van der Waals surface area (Å²) in [5.74, 6) is -0.562. The van der Waals surface area contributed by atoms with Crippen LogP contribution in [0, 0.1) is 0 Å². The lowest BCUT2D eigenvalue weighted by Crippen LogP contribution is -2.46. The molecule has 1 aliphatic rings. The minimum absolute atomic E-state index is 0.0115. The molecule has 1 atom stereocenters. The molecule has 0 saturated heterocycles. The van der Waals surface area contributed by atoms with Gasteiger partial charge in [-0.3, -0.25) is 0 Å². The maximum Gasteiger partial charge on any atom is 0.338 e. The van der Waals surface area contributed by atoms with Gasteiger partial charge in [0.2, 0.25) is 0 Å². The van der Waals surface area contributed by atoms with Gasteiger partial charge in [0, 0.05) is 10.6 Å². The Balaban J connectivity index is 2.49. The molecule has 2 amide bonds. The third-order valence-corrected chi connectivity index (χ3v) is 4.05. The fourth-order valence-electron chi connectivity index (χ4n) is 2.72. The van der Waals surface area contributed by atoms with E-state index in [1.165, 1.54) is 0 Å². The first kappa shape index (κ1) is 19.3. The molecule has 0 aliphatic carbocycles. The number of esters is 1. The second-order valence-electron chi connectivity index (χ2n) is 6.91. The van der Waals surface area contributed by atoms with E-state index in [1.807, 2.05) is 24.3 Å². The van der Waals surface area contributed by atoms with Gasteiger partial charge >= 0.3 is 12.0 Å². The van der Waals surface area contributed by atoms with Gasteiger partial charge in [-0.05, 0) is 29.0 Å². The Morgan fingerprint density at radius 3 is 2.50 bits per heavy atom. The standard InChI is InChI=1S/C18H23N5O3/c1-5-26-16(24)14-13(10-20-23-19)21-17(25)22-15(14)11-6-8-12(9-7-11)18(2,3)4/h6-9,15H,5,10H2,1-4H3,(H2,21,22,25). The molecule has 0 fully saturated rings. The molecule has 1 aromatic rings. The Bertz CT molecular complexity index is 771. The lowest BCUT2D eigenvalue weighted by molar-refractivity contribution is -0.139. The average Bonchev–Trinajstić information content (AvgIpc) is 2.58. The number of benzene rings is 1. The van der Waals surface area contributed by atoms with Gasteiger partial charge in [-0.15, -0.1) is 0 Å². The Hall–Kier alpha value is -2.99. The second kappa shape index (κ2) is 7.93. The predicted molar refractivity (Wildman–Crippen MR) is 97.2 cm³/mol. The van der Waals surface area contributed by atoms with E-state index in [0.29, 0.717) is 0 Å². The molecule has 0 spiro atoms. The molecule has 8 heteroatoms. The molecule has 2 rings (SSSR count). The number of carbonyl (C=O) groups is 2. The van der Waals surface area contributed by atoms with Crippen molar-refractivity contribution in [2.24, 2.45) is 5.11 Å². The van der Waals surface area contributed by atoms with Gasteiger partial charge in [0.25, 0.3) is 0 Å². The van der Waals surface area contributed by atoms with Gasteiger partial charge < -0.3 is 15.4 Å². The van der Waals surface area contributed by atoms with E-state index in [1.54, 1.807) is 6.92 Å². The minimum Gasteiger partial charge on any atom is -0.463 e. The third-order valence-electron chi connectivity index (χ3n) is 4.05. The smallest absolute Gasteiger partial charge is 0.338 e. The van der Waals surface area contributed by atoms with Gasteiger partial charge in [0.15, 0.2) is 0 Å². The van der Waals surface area contributed by atoms with Crippen molar-refractivity contribution >= 4 is 12.0 Å². The highest BCUT2D eigenvalue weighted by atomic mass is 16.5. The number of nitrogens with one attached hydrogen (secondary N) is 2. The molecule has 26 heavy (non-hydrogen) atoms. The second-order valence-corrected chi connectivity index (χ2v) is 6.91. The van der Waals surface area contributed by atoms with Crippen LogP contribution in [0.1, 0.15) is 44.9 Å². The first-order valence-electron chi connectivity index (χ1n) is 8.37. The van der Waals surface area contributed by atoms with Crippen LogP contribution < -0.4 is 10.6 Å². The molecule has 8 nitrogen and oxygen atoms in total. The van der Waals surface area contributed by atoms with Crippen molar-refractivity contribution in [2.45, 2.75) is 39.2 Å². The molecular formula is C18H23N5O3. The maximum absolute atomic E-state index is 12.5. The van der Waals surface area contributed by atoms with Crippen molar-refractivity contribution in [3.8, 4) is 0 Å². The van der Waals surface area contributed by atoms with Gasteiger partial charge in [0.05, 0.1) is 24.8 Å². The van der Waals surface area contributed by atoms with Crippen molar-refractivity contribution in [1.29, 1.82) is 0 Å². The quantitative estimate of drug-likeness (QED) is 0.364. The normalized spacial score (nSPS) is 17.1. The number of azide groups is 1. The largest absolute Gasteiger partial charge is 0.463 e. The van der Waals surface area contributed by atoms with Crippen LogP contribution in [-0.2, 0) is 14.9 Å². The number of nitrogens with zero attached hydrogens (tertiary/aromatic N) is 3. The summed E-state index contributed by atoms with van der Waals surface area (Å²) in [6, 6.07) is 6.55. The molecular weight excluding hydrogens is 334 g/mol. The summed E-state index contributed by atoms with van der Waals surface area (Å²) < 4.78 is 5.13. The molecule has 1 aliphatic heterocycles. The van der Waals surface area contributed by atoms with Crippen LogP contribution in [0.2, 0.25) is 0 Å². The van der Waals surface area contributed by atoms with Crippen molar-refractivity contribution in [3.05, 3.63) is 57.1 Å². The van der Waals surface area contributed by atoms with E-state index in [2.05, 4.69) is 41.4 Å². The summed E-state index contributed by atoms with van der Waals surface area (Å²) in [5, 5.41) is 8.75. The van der Waals surface area contributed by atoms with Crippen LogP contribution in [0.15, 0.2) is 40.6 Å². The van der Waals surface area contributed by atoms with Crippen molar-refractivity contribution < 1.29 is 14.3 Å². The molecule has 138 valence electrons. The molecule has 0 saturated carbocycles. The fourth-order valence-corrected chi connectivity index (χ4v) is 2.72. The van der Waals surface area contributed by atoms with Gasteiger partial charge in [0.1, 0.15) is 0 Å². The minimum atomic E-state index is -0.680. The molecule has 2 N–H and O–H groups in total. The van der Waals surface area contributed by atoms with Crippen LogP contribution in [0.25, 0.3) is 10.4 Å². The molecule has 1 heterocycles. The van der Waals surface area contributed by atoms with E-state index in [0.717, 1.165) is 11.1 Å². The summed E-state index contributed by atoms with van der Waals surface area (Å²) in [4.78, 5) is 27.2. The highest BCUT2D eigenvalue weighted by Gasteiger charge is 2.33. The average molecular weight is 357 g/mol. The van der Waals surface area contributed by atoms with Gasteiger partial charge in [-0.25, -0.2) is 9.59 Å². The zero-order valence-electron chi connectivity index (χ0n) is 15.4. The first-order valence-corrected chi connectivity index (χ1v) is 8.37. The summed E-state index contributed by atoms with van der Waals surface area (Å²) in [6.07, 6.45) is 0. The van der Waals surface area contributed by atoms with Crippen LogP contribution in [0.3, 0.4) is 0 Å². The SMILES string of the molecule is CCOC(=O)C1=C(CN=[N+]=[N-])NC(=O)NC1c1ccc(C(C)(C)C)cc1. The topological polar surface area (TPSA) is 116 Å². The van der Waals surface area contributed by atoms with E-state index in [9.17, 15) is 9.59 Å².